The molecule has 0 aromatic carbocycles. The Morgan fingerprint density at radius 2 is 1.44 bits per heavy atom. The van der Waals surface area contributed by atoms with Gasteiger partial charge in [0.1, 0.15) is 0 Å². The minimum Gasteiger partial charge on any atom is -0.297 e. The summed E-state index contributed by atoms with van der Waals surface area (Å²) in [5.41, 5.74) is 1.05. The molecule has 18 heavy (non-hydrogen) atoms. The molecular formula is C17H35N. The van der Waals surface area contributed by atoms with Gasteiger partial charge in [0.05, 0.1) is 0 Å². The smallest absolute Gasteiger partial charge is 0.0179 e. The fourth-order valence-corrected chi connectivity index (χ4v) is 3.70. The van der Waals surface area contributed by atoms with Gasteiger partial charge in [-0.3, -0.25) is 4.90 Å². The third-order valence-corrected chi connectivity index (χ3v) is 5.81. The van der Waals surface area contributed by atoms with Crippen molar-refractivity contribution in [1.82, 2.24) is 4.90 Å². The van der Waals surface area contributed by atoms with E-state index < -0.39 is 0 Å². The molecule has 1 nitrogen and oxygen atoms in total. The van der Waals surface area contributed by atoms with Crippen molar-refractivity contribution in [1.29, 1.82) is 0 Å². The quantitative estimate of drug-likeness (QED) is 0.581. The van der Waals surface area contributed by atoms with Crippen LogP contribution in [-0.4, -0.2) is 23.5 Å². The van der Waals surface area contributed by atoms with Crippen molar-refractivity contribution in [2.75, 3.05) is 13.1 Å². The van der Waals surface area contributed by atoms with Gasteiger partial charge in [0.25, 0.3) is 0 Å². The second-order valence-corrected chi connectivity index (χ2v) is 6.96. The van der Waals surface area contributed by atoms with Crippen LogP contribution in [0.1, 0.15) is 80.1 Å². The summed E-state index contributed by atoms with van der Waals surface area (Å²) in [6.45, 7) is 17.0. The molecule has 0 amide bonds. The van der Waals surface area contributed by atoms with E-state index in [1.54, 1.807) is 0 Å². The lowest BCUT2D eigenvalue weighted by molar-refractivity contribution is -0.0692. The molecule has 1 heterocycles. The van der Waals surface area contributed by atoms with Crippen molar-refractivity contribution < 1.29 is 0 Å². The van der Waals surface area contributed by atoms with Crippen LogP contribution in [0.4, 0.5) is 0 Å². The van der Waals surface area contributed by atoms with E-state index in [9.17, 15) is 0 Å². The third-order valence-electron chi connectivity index (χ3n) is 5.81. The fourth-order valence-electron chi connectivity index (χ4n) is 3.70. The van der Waals surface area contributed by atoms with Crippen LogP contribution in [0.5, 0.6) is 0 Å². The third kappa shape index (κ3) is 3.10. The Balaban J connectivity index is 2.56. The summed E-state index contributed by atoms with van der Waals surface area (Å²) in [6, 6.07) is 0. The van der Waals surface area contributed by atoms with E-state index in [0.717, 1.165) is 5.92 Å². The predicted octanol–water partition coefficient (Wildman–Crippen LogP) is 5.10. The van der Waals surface area contributed by atoms with E-state index >= 15 is 0 Å². The van der Waals surface area contributed by atoms with Gasteiger partial charge in [0.2, 0.25) is 0 Å². The average molecular weight is 253 g/mol. The minimum absolute atomic E-state index is 0.464. The topological polar surface area (TPSA) is 3.24 Å². The molecule has 0 radical (unpaired) electrons. The highest BCUT2D eigenvalue weighted by atomic mass is 15.3. The molecule has 1 rings (SSSR count). The number of hydrogen-bond acceptors (Lipinski definition) is 1. The second-order valence-electron chi connectivity index (χ2n) is 6.96. The molecule has 0 bridgehead atoms. The Kier molecular flexibility index (Phi) is 5.70. The van der Waals surface area contributed by atoms with Gasteiger partial charge in [-0.1, -0.05) is 53.9 Å². The first kappa shape index (κ1) is 16.0. The van der Waals surface area contributed by atoms with Crippen molar-refractivity contribution in [3.63, 3.8) is 0 Å². The van der Waals surface area contributed by atoms with Crippen molar-refractivity contribution in [3.05, 3.63) is 0 Å². The Morgan fingerprint density at radius 1 is 0.889 bits per heavy atom. The highest BCUT2D eigenvalue weighted by Crippen LogP contribution is 2.44. The lowest BCUT2D eigenvalue weighted by Gasteiger charge is -2.56. The van der Waals surface area contributed by atoms with Gasteiger partial charge in [-0.2, -0.15) is 0 Å². The zero-order chi connectivity index (χ0) is 13.8. The molecular weight excluding hydrogens is 218 g/mol. The van der Waals surface area contributed by atoms with Gasteiger partial charge in [0, 0.05) is 18.6 Å². The van der Waals surface area contributed by atoms with Gasteiger partial charge in [-0.15, -0.1) is 0 Å². The lowest BCUT2D eigenvalue weighted by atomic mass is 9.67. The van der Waals surface area contributed by atoms with Crippen LogP contribution in [0.25, 0.3) is 0 Å². The first-order valence-electron chi connectivity index (χ1n) is 8.20. The molecule has 0 aromatic heterocycles. The molecule has 1 aliphatic rings. The molecule has 1 aliphatic heterocycles. The zero-order valence-electron chi connectivity index (χ0n) is 13.7. The maximum Gasteiger partial charge on any atom is 0.0179 e. The van der Waals surface area contributed by atoms with Crippen LogP contribution < -0.4 is 0 Å². The van der Waals surface area contributed by atoms with E-state index in [4.69, 9.17) is 0 Å². The molecule has 0 N–H and O–H groups in total. The monoisotopic (exact) mass is 253 g/mol. The maximum atomic E-state index is 2.75. The molecule has 0 aromatic rings. The number of nitrogens with zero attached hydrogens (tertiary/aromatic N) is 1. The molecule has 1 heteroatoms. The number of likely N-dealkylation sites (tertiary alicyclic amines) is 1. The molecule has 108 valence electrons. The highest BCUT2D eigenvalue weighted by molar-refractivity contribution is 4.98. The Hall–Kier alpha value is -0.0400. The van der Waals surface area contributed by atoms with E-state index in [0.29, 0.717) is 11.0 Å². The molecule has 2 atom stereocenters. The summed E-state index contributed by atoms with van der Waals surface area (Å²) in [5.74, 6) is 0.935. The predicted molar refractivity (Wildman–Crippen MR) is 82.0 cm³/mol. The summed E-state index contributed by atoms with van der Waals surface area (Å²) in [7, 11) is 0. The van der Waals surface area contributed by atoms with E-state index in [1.807, 2.05) is 0 Å². The minimum atomic E-state index is 0.464. The number of rotatable bonds is 8. The first-order valence-corrected chi connectivity index (χ1v) is 8.20. The zero-order valence-corrected chi connectivity index (χ0v) is 13.7. The largest absolute Gasteiger partial charge is 0.297 e. The van der Waals surface area contributed by atoms with Crippen molar-refractivity contribution in [2.24, 2.45) is 11.3 Å². The van der Waals surface area contributed by atoms with Gasteiger partial charge in [0.15, 0.2) is 0 Å². The van der Waals surface area contributed by atoms with Gasteiger partial charge >= 0.3 is 0 Å². The van der Waals surface area contributed by atoms with Crippen LogP contribution in [0.3, 0.4) is 0 Å². The van der Waals surface area contributed by atoms with E-state index in [-0.39, 0.29) is 0 Å². The Bertz CT molecular complexity index is 220. The van der Waals surface area contributed by atoms with Crippen LogP contribution in [-0.2, 0) is 0 Å². The normalized spacial score (nSPS) is 24.3. The van der Waals surface area contributed by atoms with Gasteiger partial charge < -0.3 is 0 Å². The van der Waals surface area contributed by atoms with Crippen molar-refractivity contribution >= 4 is 0 Å². The molecule has 0 aliphatic carbocycles. The van der Waals surface area contributed by atoms with Crippen LogP contribution in [0, 0.1) is 11.3 Å². The van der Waals surface area contributed by atoms with Crippen molar-refractivity contribution in [3.8, 4) is 0 Å². The van der Waals surface area contributed by atoms with Crippen LogP contribution in [0.15, 0.2) is 0 Å². The van der Waals surface area contributed by atoms with Gasteiger partial charge in [-0.25, -0.2) is 0 Å². The fraction of sp³-hybridized carbons (Fsp3) is 1.00. The van der Waals surface area contributed by atoms with E-state index in [2.05, 4.69) is 46.4 Å². The standard InChI is InChI=1S/C17H35N/c1-7-11-16(5,9-3)15-13-18(14-15)17(6,10-4)12-8-2/h15H,7-14H2,1-6H3. The lowest BCUT2D eigenvalue weighted by Crippen LogP contribution is -2.61. The SMILES string of the molecule is CCCC(C)(CC)C1CN(C(C)(CC)CCC)C1. The van der Waals surface area contributed by atoms with Crippen molar-refractivity contribution in [2.45, 2.75) is 85.6 Å². The summed E-state index contributed by atoms with van der Waals surface area (Å²) in [5, 5.41) is 0. The second kappa shape index (κ2) is 6.41. The molecule has 0 spiro atoms. The average Bonchev–Trinajstić information content (AvgIpc) is 2.27. The highest BCUT2D eigenvalue weighted by Gasteiger charge is 2.45. The first-order chi connectivity index (χ1) is 8.45. The summed E-state index contributed by atoms with van der Waals surface area (Å²) < 4.78 is 0. The Labute approximate surface area is 115 Å². The molecule has 2 unspecified atom stereocenters. The summed E-state index contributed by atoms with van der Waals surface area (Å²) in [4.78, 5) is 2.75. The molecule has 1 saturated heterocycles. The molecule has 0 saturated carbocycles. The van der Waals surface area contributed by atoms with Gasteiger partial charge in [-0.05, 0) is 37.5 Å². The Morgan fingerprint density at radius 3 is 1.83 bits per heavy atom. The molecule has 1 fully saturated rings. The van der Waals surface area contributed by atoms with E-state index in [1.165, 1.54) is 51.6 Å². The van der Waals surface area contributed by atoms with Crippen LogP contribution >= 0.6 is 0 Å². The summed E-state index contributed by atoms with van der Waals surface area (Å²) >= 11 is 0. The van der Waals surface area contributed by atoms with Crippen LogP contribution in [0.2, 0.25) is 0 Å². The summed E-state index contributed by atoms with van der Waals surface area (Å²) in [6.07, 6.45) is 8.04. The maximum absolute atomic E-state index is 2.75. The number of hydrogen-bond donors (Lipinski definition) is 0.